The molecule has 0 bridgehead atoms. The fourth-order valence-electron chi connectivity index (χ4n) is 1.86. The van der Waals surface area contributed by atoms with Crippen LogP contribution < -0.4 is 5.32 Å². The summed E-state index contributed by atoms with van der Waals surface area (Å²) in [7, 11) is 0. The Morgan fingerprint density at radius 3 is 2.28 bits per heavy atom. The molecule has 8 heteroatoms. The van der Waals surface area contributed by atoms with E-state index in [9.17, 15) is 14.4 Å². The highest BCUT2D eigenvalue weighted by molar-refractivity contribution is 6.30. The molecule has 0 aromatic heterocycles. The number of ether oxygens (including phenoxy) is 2. The maximum atomic E-state index is 11.7. The van der Waals surface area contributed by atoms with Gasteiger partial charge < -0.3 is 19.9 Å². The second-order valence-corrected chi connectivity index (χ2v) is 6.90. The number of amides is 1. The van der Waals surface area contributed by atoms with E-state index in [0.717, 1.165) is 5.56 Å². The molecule has 0 spiro atoms. The van der Waals surface area contributed by atoms with Gasteiger partial charge in [0.25, 0.3) is 0 Å². The van der Waals surface area contributed by atoms with Crippen LogP contribution in [0.1, 0.15) is 38.7 Å². The van der Waals surface area contributed by atoms with Crippen LogP contribution in [0.25, 0.3) is 0 Å². The van der Waals surface area contributed by atoms with Crippen molar-refractivity contribution < 1.29 is 29.0 Å². The van der Waals surface area contributed by atoms with Crippen molar-refractivity contribution >= 4 is 29.6 Å². The monoisotopic (exact) mass is 371 g/mol. The first kappa shape index (κ1) is 20.8. The van der Waals surface area contributed by atoms with Gasteiger partial charge in [-0.3, -0.25) is 9.59 Å². The summed E-state index contributed by atoms with van der Waals surface area (Å²) in [6.45, 7) is 4.58. The van der Waals surface area contributed by atoms with E-state index >= 15 is 0 Å². The van der Waals surface area contributed by atoms with E-state index in [2.05, 4.69) is 5.32 Å². The Bertz CT molecular complexity index is 609. The molecule has 0 heterocycles. The van der Waals surface area contributed by atoms with E-state index < -0.39 is 36.2 Å². The molecule has 2 N–H and O–H groups in total. The average Bonchev–Trinajstić information content (AvgIpc) is 2.51. The predicted octanol–water partition coefficient (Wildman–Crippen LogP) is 3.17. The fraction of sp³-hybridized carbons (Fsp3) is 0.471. The van der Waals surface area contributed by atoms with Gasteiger partial charge in [-0.2, -0.15) is 0 Å². The molecule has 0 aliphatic heterocycles. The van der Waals surface area contributed by atoms with Gasteiger partial charge in [-0.05, 0) is 38.5 Å². The van der Waals surface area contributed by atoms with Crippen molar-refractivity contribution in [1.29, 1.82) is 0 Å². The zero-order valence-corrected chi connectivity index (χ0v) is 15.1. The number of carbonyl (C=O) groups is 3. The molecule has 0 aliphatic carbocycles. The van der Waals surface area contributed by atoms with Gasteiger partial charge in [0, 0.05) is 17.5 Å². The quantitative estimate of drug-likeness (QED) is 0.563. The van der Waals surface area contributed by atoms with Crippen LogP contribution in [0.4, 0.5) is 4.79 Å². The number of benzene rings is 1. The first-order chi connectivity index (χ1) is 11.6. The SMILES string of the molecule is CC(C)(C)C(=O)OCOC(=O)NC[C@H](CC(=O)O)c1ccc(Cl)cc1. The lowest BCUT2D eigenvalue weighted by molar-refractivity contribution is -0.161. The number of hydrogen-bond donors (Lipinski definition) is 2. The van der Waals surface area contributed by atoms with Gasteiger partial charge in [0.1, 0.15) is 0 Å². The van der Waals surface area contributed by atoms with Crippen LogP contribution in [0.5, 0.6) is 0 Å². The minimum atomic E-state index is -0.991. The topological polar surface area (TPSA) is 102 Å². The summed E-state index contributed by atoms with van der Waals surface area (Å²) in [4.78, 5) is 34.2. The molecular formula is C17H22ClNO6. The Kier molecular flexibility index (Phi) is 7.70. The Labute approximate surface area is 151 Å². The van der Waals surface area contributed by atoms with Gasteiger partial charge in [0.2, 0.25) is 6.79 Å². The minimum absolute atomic E-state index is 0.0555. The third kappa shape index (κ3) is 7.89. The molecule has 0 aliphatic rings. The first-order valence-corrected chi connectivity index (χ1v) is 8.02. The number of esters is 1. The molecule has 1 aromatic rings. The number of aliphatic carboxylic acids is 1. The first-order valence-electron chi connectivity index (χ1n) is 7.64. The number of alkyl carbamates (subject to hydrolysis) is 1. The second kappa shape index (κ2) is 9.27. The molecule has 1 amide bonds. The van der Waals surface area contributed by atoms with Crippen LogP contribution >= 0.6 is 11.6 Å². The van der Waals surface area contributed by atoms with Crippen molar-refractivity contribution in [2.24, 2.45) is 5.41 Å². The molecule has 25 heavy (non-hydrogen) atoms. The van der Waals surface area contributed by atoms with Crippen LogP contribution in [0.3, 0.4) is 0 Å². The molecule has 0 unspecified atom stereocenters. The highest BCUT2D eigenvalue weighted by atomic mass is 35.5. The summed E-state index contributed by atoms with van der Waals surface area (Å²) in [6, 6.07) is 6.70. The van der Waals surface area contributed by atoms with Crippen molar-refractivity contribution in [3.63, 3.8) is 0 Å². The number of halogens is 1. The molecule has 1 aromatic carbocycles. The number of carboxylic acid groups (broad SMARTS) is 1. The van der Waals surface area contributed by atoms with Crippen LogP contribution in [-0.4, -0.2) is 36.5 Å². The van der Waals surface area contributed by atoms with Crippen molar-refractivity contribution in [1.82, 2.24) is 5.32 Å². The fourth-order valence-corrected chi connectivity index (χ4v) is 1.99. The number of hydrogen-bond acceptors (Lipinski definition) is 5. The molecule has 1 atom stereocenters. The smallest absolute Gasteiger partial charge is 0.410 e. The molecule has 138 valence electrons. The molecular weight excluding hydrogens is 350 g/mol. The van der Waals surface area contributed by atoms with Crippen LogP contribution in [-0.2, 0) is 19.1 Å². The molecule has 1 rings (SSSR count). The highest BCUT2D eigenvalue weighted by Crippen LogP contribution is 2.21. The normalized spacial score (nSPS) is 12.2. The minimum Gasteiger partial charge on any atom is -0.481 e. The Balaban J connectivity index is 2.50. The molecule has 0 radical (unpaired) electrons. The number of nitrogens with one attached hydrogen (secondary N) is 1. The maximum absolute atomic E-state index is 11.7. The largest absolute Gasteiger partial charge is 0.481 e. The summed E-state index contributed by atoms with van der Waals surface area (Å²) >= 11 is 5.82. The van der Waals surface area contributed by atoms with Crippen molar-refractivity contribution in [3.05, 3.63) is 34.9 Å². The van der Waals surface area contributed by atoms with Crippen molar-refractivity contribution in [2.75, 3.05) is 13.3 Å². The van der Waals surface area contributed by atoms with E-state index in [4.69, 9.17) is 26.2 Å². The highest BCUT2D eigenvalue weighted by Gasteiger charge is 2.23. The van der Waals surface area contributed by atoms with Gasteiger partial charge in [0.05, 0.1) is 11.8 Å². The van der Waals surface area contributed by atoms with Crippen LogP contribution in [0.2, 0.25) is 5.02 Å². The summed E-state index contributed by atoms with van der Waals surface area (Å²) in [5, 5.41) is 12.0. The van der Waals surface area contributed by atoms with E-state index in [-0.39, 0.29) is 13.0 Å². The predicted molar refractivity (Wildman–Crippen MR) is 91.3 cm³/mol. The zero-order chi connectivity index (χ0) is 19.0. The van der Waals surface area contributed by atoms with Crippen molar-refractivity contribution in [3.8, 4) is 0 Å². The van der Waals surface area contributed by atoms with Crippen LogP contribution in [0.15, 0.2) is 24.3 Å². The van der Waals surface area contributed by atoms with E-state index in [1.807, 2.05) is 0 Å². The lowest BCUT2D eigenvalue weighted by atomic mass is 9.96. The Hall–Kier alpha value is -2.28. The van der Waals surface area contributed by atoms with E-state index in [0.29, 0.717) is 5.02 Å². The second-order valence-electron chi connectivity index (χ2n) is 6.46. The van der Waals surface area contributed by atoms with Gasteiger partial charge in [-0.25, -0.2) is 4.79 Å². The van der Waals surface area contributed by atoms with Crippen molar-refractivity contribution in [2.45, 2.75) is 33.1 Å². The molecule has 0 fully saturated rings. The molecule has 0 saturated heterocycles. The third-order valence-corrected chi connectivity index (χ3v) is 3.50. The summed E-state index contributed by atoms with van der Waals surface area (Å²) in [5.41, 5.74) is 0.0346. The van der Waals surface area contributed by atoms with Crippen LogP contribution in [0, 0.1) is 5.41 Å². The summed E-state index contributed by atoms with van der Waals surface area (Å²) in [6.07, 6.45) is -0.966. The summed E-state index contributed by atoms with van der Waals surface area (Å²) < 4.78 is 9.57. The standard InChI is InChI=1S/C17H22ClNO6/c1-17(2,3)15(22)24-10-25-16(23)19-9-12(8-14(20)21)11-4-6-13(18)7-5-11/h4-7,12H,8-10H2,1-3H3,(H,19,23)(H,20,21)/t12-/m0/s1. The number of rotatable bonds is 7. The average molecular weight is 372 g/mol. The van der Waals surface area contributed by atoms with Gasteiger partial charge in [-0.1, -0.05) is 23.7 Å². The lowest BCUT2D eigenvalue weighted by Crippen LogP contribution is -2.31. The lowest BCUT2D eigenvalue weighted by Gasteiger charge is -2.18. The Morgan fingerprint density at radius 1 is 1.16 bits per heavy atom. The maximum Gasteiger partial charge on any atom is 0.410 e. The van der Waals surface area contributed by atoms with E-state index in [1.54, 1.807) is 45.0 Å². The van der Waals surface area contributed by atoms with Gasteiger partial charge in [0.15, 0.2) is 0 Å². The van der Waals surface area contributed by atoms with Gasteiger partial charge >= 0.3 is 18.0 Å². The number of carboxylic acids is 1. The molecule has 7 nitrogen and oxygen atoms in total. The summed E-state index contributed by atoms with van der Waals surface area (Å²) in [5.74, 6) is -1.93. The number of carbonyl (C=O) groups excluding carboxylic acids is 2. The van der Waals surface area contributed by atoms with Gasteiger partial charge in [-0.15, -0.1) is 0 Å². The Morgan fingerprint density at radius 2 is 1.76 bits per heavy atom. The zero-order valence-electron chi connectivity index (χ0n) is 14.4. The molecule has 0 saturated carbocycles. The van der Waals surface area contributed by atoms with E-state index in [1.165, 1.54) is 0 Å². The third-order valence-electron chi connectivity index (χ3n) is 3.25.